The van der Waals surface area contributed by atoms with Crippen LogP contribution in [0.15, 0.2) is 125 Å². The fraction of sp³-hybridized carbons (Fsp3) is 0.211. The summed E-state index contributed by atoms with van der Waals surface area (Å²) in [4.78, 5) is 10.9. The fourth-order valence-corrected chi connectivity index (χ4v) is 8.47. The molecule has 1 aliphatic carbocycles. The van der Waals surface area contributed by atoms with Crippen LogP contribution in [0.3, 0.4) is 0 Å². The summed E-state index contributed by atoms with van der Waals surface area (Å²) >= 11 is 0.194. The number of halogens is 2. The summed E-state index contributed by atoms with van der Waals surface area (Å²) in [5.41, 5.74) is 8.16. The molecule has 1 aliphatic rings. The van der Waals surface area contributed by atoms with Gasteiger partial charge in [-0.25, -0.2) is 4.99 Å². The predicted octanol–water partition coefficient (Wildman–Crippen LogP) is 10.3. The molecule has 0 saturated carbocycles. The van der Waals surface area contributed by atoms with Crippen LogP contribution >= 0.6 is 28.1 Å². The molecule has 226 valence electrons. The van der Waals surface area contributed by atoms with Gasteiger partial charge in [0, 0.05) is 16.5 Å². The molecule has 0 amide bonds. The van der Waals surface area contributed by atoms with Crippen LogP contribution in [0, 0.1) is 0 Å². The van der Waals surface area contributed by atoms with Crippen LogP contribution in [0.4, 0.5) is 5.69 Å². The van der Waals surface area contributed by atoms with Gasteiger partial charge in [0.15, 0.2) is 0 Å². The number of aliphatic imine (C=N–C) groups is 2. The fourth-order valence-electron chi connectivity index (χ4n) is 6.03. The van der Waals surface area contributed by atoms with Crippen molar-refractivity contribution in [3.63, 3.8) is 0 Å². The molecular weight excluding hydrogens is 642 g/mol. The van der Waals surface area contributed by atoms with Crippen LogP contribution < -0.4 is 10.6 Å². The van der Waals surface area contributed by atoms with Crippen molar-refractivity contribution in [1.29, 1.82) is 0 Å². The third-order valence-corrected chi connectivity index (χ3v) is 10.9. The van der Waals surface area contributed by atoms with Crippen molar-refractivity contribution in [3.05, 3.63) is 138 Å². The van der Waals surface area contributed by atoms with Gasteiger partial charge < -0.3 is 0 Å². The summed E-state index contributed by atoms with van der Waals surface area (Å²) in [7, 11) is 8.56. The van der Waals surface area contributed by atoms with Gasteiger partial charge >= 0.3 is 33.3 Å². The number of hydrogen-bond acceptors (Lipinski definition) is 2. The second kappa shape index (κ2) is 15.5. The summed E-state index contributed by atoms with van der Waals surface area (Å²) in [5, 5.41) is 5.39. The van der Waals surface area contributed by atoms with E-state index in [4.69, 9.17) is 30.2 Å². The summed E-state index contributed by atoms with van der Waals surface area (Å²) < 4.78 is 0. The first kappa shape index (κ1) is 32.6. The number of nitrogens with zero attached hydrogens (tertiary/aromatic N) is 2. The molecule has 0 aromatic heterocycles. The van der Waals surface area contributed by atoms with Crippen molar-refractivity contribution >= 4 is 66.6 Å². The van der Waals surface area contributed by atoms with Crippen molar-refractivity contribution in [1.82, 2.24) is 0 Å². The molecule has 44 heavy (non-hydrogen) atoms. The Balaban J connectivity index is 0.00000123. The van der Waals surface area contributed by atoms with Crippen molar-refractivity contribution in [2.45, 2.75) is 39.5 Å². The van der Waals surface area contributed by atoms with Gasteiger partial charge in [0.2, 0.25) is 0 Å². The van der Waals surface area contributed by atoms with Gasteiger partial charge in [0.05, 0.1) is 48.3 Å². The van der Waals surface area contributed by atoms with E-state index in [0.717, 1.165) is 29.8 Å². The summed E-state index contributed by atoms with van der Waals surface area (Å²) in [6, 6.07) is 41.8. The minimum absolute atomic E-state index is 0.194. The van der Waals surface area contributed by atoms with E-state index in [0.29, 0.717) is 11.8 Å². The van der Waals surface area contributed by atoms with Crippen molar-refractivity contribution < 1.29 is 13.1 Å². The predicted molar refractivity (Wildman–Crippen MR) is 193 cm³/mol. The Bertz CT molecular complexity index is 1700. The second-order valence-corrected chi connectivity index (χ2v) is 15.9. The number of benzene rings is 5. The Kier molecular flexibility index (Phi) is 11.5. The third kappa shape index (κ3) is 7.20. The average molecular weight is 680 g/mol. The van der Waals surface area contributed by atoms with E-state index in [1.54, 1.807) is 0 Å². The molecule has 5 aromatic rings. The van der Waals surface area contributed by atoms with Gasteiger partial charge in [-0.15, -0.1) is 0 Å². The molecule has 5 aromatic carbocycles. The molecule has 0 heterocycles. The van der Waals surface area contributed by atoms with E-state index >= 15 is 0 Å². The van der Waals surface area contributed by atoms with Crippen LogP contribution in [0.1, 0.15) is 61.8 Å². The van der Waals surface area contributed by atoms with Crippen LogP contribution in [-0.4, -0.2) is 24.1 Å². The molecule has 0 aliphatic heterocycles. The molecule has 0 saturated heterocycles. The topological polar surface area (TPSA) is 24.7 Å². The molecule has 0 spiro atoms. The maximum atomic E-state index is 5.53. The summed E-state index contributed by atoms with van der Waals surface area (Å²) in [5.74, 6) is 0.768. The number of hydrogen-bond donors (Lipinski definition) is 0. The first-order valence-corrected chi connectivity index (χ1v) is 19.8. The average Bonchev–Trinajstić information content (AvgIpc) is 3.34. The van der Waals surface area contributed by atoms with Gasteiger partial charge in [-0.1, -0.05) is 119 Å². The minimum atomic E-state index is -0.967. The van der Waals surface area contributed by atoms with E-state index in [2.05, 4.69) is 143 Å². The zero-order chi connectivity index (χ0) is 31.1. The van der Waals surface area contributed by atoms with Crippen LogP contribution in [0.2, 0.25) is 0 Å². The first-order chi connectivity index (χ1) is 21.4. The van der Waals surface area contributed by atoms with Gasteiger partial charge in [0.1, 0.15) is 0 Å². The zero-order valence-corrected chi connectivity index (χ0v) is 29.2. The van der Waals surface area contributed by atoms with E-state index < -0.39 is 7.92 Å². The van der Waals surface area contributed by atoms with Crippen LogP contribution in [0.5, 0.6) is 0 Å². The molecule has 6 rings (SSSR count). The van der Waals surface area contributed by atoms with Gasteiger partial charge in [-0.2, -0.15) is 0 Å². The quantitative estimate of drug-likeness (QED) is 0.115. The Morgan fingerprint density at radius 1 is 0.614 bits per heavy atom. The zero-order valence-electron chi connectivity index (χ0n) is 25.5. The van der Waals surface area contributed by atoms with Gasteiger partial charge in [-0.3, -0.25) is 4.99 Å². The van der Waals surface area contributed by atoms with Crippen LogP contribution in [-0.2, 0) is 13.1 Å². The SMILES string of the molecule is CC(C)c1cccc(C(C)C)c1N=C1C(=NCC[PH+](c2ccccc2)c2ccccc2)c2cccc3cccc1c23.[Cl][Fe][Cl]. The van der Waals surface area contributed by atoms with Crippen molar-refractivity contribution in [2.75, 3.05) is 12.7 Å². The van der Waals surface area contributed by atoms with Crippen molar-refractivity contribution in [3.8, 4) is 0 Å². The van der Waals surface area contributed by atoms with E-state index in [1.165, 1.54) is 43.6 Å². The Morgan fingerprint density at radius 3 is 1.59 bits per heavy atom. The molecule has 2 nitrogen and oxygen atoms in total. The standard InChI is InChI=1S/C38H37N2P.2ClH.Fe/c1-26(2)31-20-13-21-32(27(3)4)36(31)40-38-34-23-12-15-28-14-11-22-33(35(28)34)37(38)39-24-25-41(29-16-7-5-8-17-29)30-18-9-6-10-19-30;;;/h5-23,26-27H,24-25H2,1-4H3;2*1H;/q;;;+2/p-1. The van der Waals surface area contributed by atoms with Crippen molar-refractivity contribution in [2.24, 2.45) is 9.98 Å². The summed E-state index contributed by atoms with van der Waals surface area (Å²) in [6.45, 7) is 9.81. The number of para-hydroxylation sites is 1. The molecule has 0 unspecified atom stereocenters. The molecule has 6 heteroatoms. The molecule has 0 radical (unpaired) electrons. The van der Waals surface area contributed by atoms with Gasteiger partial charge in [0.25, 0.3) is 0 Å². The molecule has 0 fully saturated rings. The number of rotatable bonds is 8. The monoisotopic (exact) mass is 679 g/mol. The third-order valence-electron chi connectivity index (χ3n) is 8.08. The molecule has 0 atom stereocenters. The molecular formula is C38H38Cl2FeN2P+. The summed E-state index contributed by atoms with van der Waals surface area (Å²) in [6.07, 6.45) is 1.03. The Hall–Kier alpha value is -2.77. The van der Waals surface area contributed by atoms with E-state index in [-0.39, 0.29) is 13.1 Å². The van der Waals surface area contributed by atoms with E-state index in [9.17, 15) is 0 Å². The maximum absolute atomic E-state index is 5.53. The normalized spacial score (nSPS) is 14.3. The first-order valence-electron chi connectivity index (χ1n) is 15.0. The Labute approximate surface area is 278 Å². The van der Waals surface area contributed by atoms with E-state index in [1.807, 2.05) is 0 Å². The van der Waals surface area contributed by atoms with Crippen LogP contribution in [0.25, 0.3) is 10.8 Å². The second-order valence-electron chi connectivity index (χ2n) is 11.5. The molecule has 0 N–H and O–H groups in total. The molecule has 0 bridgehead atoms. The Morgan fingerprint density at radius 2 is 1.09 bits per heavy atom. The van der Waals surface area contributed by atoms with Gasteiger partial charge in [-0.05, 0) is 52.6 Å².